The first-order chi connectivity index (χ1) is 11.5. The minimum absolute atomic E-state index is 0.0530. The number of primary amides is 1. The van der Waals surface area contributed by atoms with Crippen LogP contribution < -0.4 is 11.1 Å². The molecule has 0 aliphatic carbocycles. The molecule has 0 saturated carbocycles. The van der Waals surface area contributed by atoms with Crippen molar-refractivity contribution in [2.45, 2.75) is 25.8 Å². The number of hydrogen-bond acceptors (Lipinski definition) is 3. The molecule has 124 valence electrons. The summed E-state index contributed by atoms with van der Waals surface area (Å²) < 4.78 is 0. The van der Waals surface area contributed by atoms with Gasteiger partial charge >= 0.3 is 0 Å². The van der Waals surface area contributed by atoms with Crippen LogP contribution in [0.4, 0.5) is 0 Å². The molecule has 2 aromatic rings. The van der Waals surface area contributed by atoms with Crippen LogP contribution in [0.1, 0.15) is 30.1 Å². The molecule has 3 N–H and O–H groups in total. The number of benzene rings is 2. The summed E-state index contributed by atoms with van der Waals surface area (Å²) in [5.74, 6) is -1.09. The van der Waals surface area contributed by atoms with Crippen molar-refractivity contribution in [3.05, 3.63) is 60.2 Å². The Morgan fingerprint density at radius 3 is 2.08 bits per heavy atom. The van der Waals surface area contributed by atoms with E-state index in [4.69, 9.17) is 5.73 Å². The van der Waals surface area contributed by atoms with Gasteiger partial charge in [-0.15, -0.1) is 0 Å². The van der Waals surface area contributed by atoms with Gasteiger partial charge in [0, 0.05) is 12.0 Å². The average molecular weight is 324 g/mol. The van der Waals surface area contributed by atoms with Gasteiger partial charge in [-0.25, -0.2) is 0 Å². The maximum absolute atomic E-state index is 12.2. The summed E-state index contributed by atoms with van der Waals surface area (Å²) in [7, 11) is 0. The molecule has 0 bridgehead atoms. The molecule has 5 nitrogen and oxygen atoms in total. The van der Waals surface area contributed by atoms with E-state index >= 15 is 0 Å². The van der Waals surface area contributed by atoms with Crippen molar-refractivity contribution in [1.82, 2.24) is 5.32 Å². The molecule has 0 unspecified atom stereocenters. The normalized spacial score (nSPS) is 11.5. The molecule has 0 saturated heterocycles. The fourth-order valence-corrected chi connectivity index (χ4v) is 2.32. The molecule has 5 heteroatoms. The zero-order valence-electron chi connectivity index (χ0n) is 13.5. The van der Waals surface area contributed by atoms with E-state index in [1.54, 1.807) is 12.1 Å². The van der Waals surface area contributed by atoms with E-state index < -0.39 is 11.9 Å². The van der Waals surface area contributed by atoms with E-state index in [0.717, 1.165) is 11.1 Å². The molecule has 0 heterocycles. The first kappa shape index (κ1) is 17.4. The monoisotopic (exact) mass is 324 g/mol. The number of nitrogens with one attached hydrogen (secondary N) is 1. The smallest absolute Gasteiger partial charge is 0.251 e. The molecule has 2 rings (SSSR count). The molecule has 0 aliphatic heterocycles. The number of hydrogen-bond donors (Lipinski definition) is 2. The molecule has 0 aliphatic rings. The Hall–Kier alpha value is -2.95. The Labute approximate surface area is 140 Å². The highest BCUT2D eigenvalue weighted by Crippen LogP contribution is 2.19. The van der Waals surface area contributed by atoms with Crippen LogP contribution in [0.2, 0.25) is 0 Å². The Morgan fingerprint density at radius 2 is 1.54 bits per heavy atom. The van der Waals surface area contributed by atoms with Crippen LogP contribution in [0.25, 0.3) is 11.1 Å². The van der Waals surface area contributed by atoms with Crippen molar-refractivity contribution in [3.8, 4) is 11.1 Å². The van der Waals surface area contributed by atoms with Crippen molar-refractivity contribution < 1.29 is 14.4 Å². The van der Waals surface area contributed by atoms with Gasteiger partial charge in [-0.2, -0.15) is 0 Å². The van der Waals surface area contributed by atoms with Crippen molar-refractivity contribution in [1.29, 1.82) is 0 Å². The van der Waals surface area contributed by atoms with E-state index in [9.17, 15) is 14.4 Å². The summed E-state index contributed by atoms with van der Waals surface area (Å²) in [6, 6.07) is 16.0. The first-order valence-corrected chi connectivity index (χ1v) is 7.72. The van der Waals surface area contributed by atoms with Crippen molar-refractivity contribution in [2.24, 2.45) is 5.73 Å². The number of Topliss-reactive ketones (excluding diaryl/α,β-unsaturated/α-hetero) is 1. The minimum atomic E-state index is -0.852. The number of carbonyl (C=O) groups is 3. The lowest BCUT2D eigenvalue weighted by molar-refractivity contribution is -0.120. The fourth-order valence-electron chi connectivity index (χ4n) is 2.32. The lowest BCUT2D eigenvalue weighted by Gasteiger charge is -2.15. The lowest BCUT2D eigenvalue weighted by atomic mass is 10.0. The topological polar surface area (TPSA) is 89.3 Å². The van der Waals surface area contributed by atoms with Crippen LogP contribution in [0.5, 0.6) is 0 Å². The zero-order valence-corrected chi connectivity index (χ0v) is 13.5. The number of amides is 2. The van der Waals surface area contributed by atoms with E-state index in [0.29, 0.717) is 5.56 Å². The predicted octanol–water partition coefficient (Wildman–Crippen LogP) is 2.31. The molecule has 2 amide bonds. The van der Waals surface area contributed by atoms with Gasteiger partial charge in [0.2, 0.25) is 5.91 Å². The standard InChI is InChI=1S/C19H20N2O3/c1-13(22)7-12-17(18(20)23)21-19(24)16-10-8-15(9-11-16)14-5-3-2-4-6-14/h2-6,8-11,17H,7,12H2,1H3,(H2,20,23)(H,21,24)/t17-/m0/s1. The molecule has 0 radical (unpaired) electrons. The molecule has 2 aromatic carbocycles. The number of carbonyl (C=O) groups excluding carboxylic acids is 3. The lowest BCUT2D eigenvalue weighted by Crippen LogP contribution is -2.44. The molecule has 0 fully saturated rings. The largest absolute Gasteiger partial charge is 0.368 e. The Bertz CT molecular complexity index is 724. The summed E-state index contributed by atoms with van der Waals surface area (Å²) in [6.45, 7) is 1.43. The first-order valence-electron chi connectivity index (χ1n) is 7.72. The third-order valence-electron chi connectivity index (χ3n) is 3.69. The van der Waals surface area contributed by atoms with Crippen molar-refractivity contribution in [2.75, 3.05) is 0 Å². The highest BCUT2D eigenvalue weighted by molar-refractivity contribution is 5.97. The summed E-state index contributed by atoms with van der Waals surface area (Å²) >= 11 is 0. The van der Waals surface area contributed by atoms with Gasteiger partial charge < -0.3 is 15.8 Å². The molecule has 0 spiro atoms. The quantitative estimate of drug-likeness (QED) is 0.819. The van der Waals surface area contributed by atoms with Crippen LogP contribution >= 0.6 is 0 Å². The van der Waals surface area contributed by atoms with Crippen LogP contribution in [-0.4, -0.2) is 23.6 Å². The third kappa shape index (κ3) is 4.78. The Balaban J connectivity index is 2.06. The Morgan fingerprint density at radius 1 is 0.958 bits per heavy atom. The van der Waals surface area contributed by atoms with Crippen molar-refractivity contribution >= 4 is 17.6 Å². The van der Waals surface area contributed by atoms with Gasteiger partial charge in [0.25, 0.3) is 5.91 Å². The summed E-state index contributed by atoms with van der Waals surface area (Å²) in [5, 5.41) is 2.58. The summed E-state index contributed by atoms with van der Waals surface area (Å²) in [4.78, 5) is 34.7. The SMILES string of the molecule is CC(=O)CC[C@H](NC(=O)c1ccc(-c2ccccc2)cc1)C(N)=O. The van der Waals surface area contributed by atoms with E-state index in [-0.39, 0.29) is 24.5 Å². The van der Waals surface area contributed by atoms with E-state index in [2.05, 4.69) is 5.32 Å². The zero-order chi connectivity index (χ0) is 17.5. The van der Waals surface area contributed by atoms with Crippen LogP contribution in [0, 0.1) is 0 Å². The second-order valence-corrected chi connectivity index (χ2v) is 5.61. The molecular weight excluding hydrogens is 304 g/mol. The van der Waals surface area contributed by atoms with Gasteiger partial charge in [0.1, 0.15) is 11.8 Å². The van der Waals surface area contributed by atoms with Crippen LogP contribution in [0.15, 0.2) is 54.6 Å². The number of rotatable bonds is 7. The summed E-state index contributed by atoms with van der Waals surface area (Å²) in [5.41, 5.74) is 7.77. The molecular formula is C19H20N2O3. The van der Waals surface area contributed by atoms with Crippen LogP contribution in [-0.2, 0) is 9.59 Å². The fraction of sp³-hybridized carbons (Fsp3) is 0.211. The maximum atomic E-state index is 12.2. The van der Waals surface area contributed by atoms with Gasteiger partial charge in [-0.1, -0.05) is 42.5 Å². The van der Waals surface area contributed by atoms with Crippen molar-refractivity contribution in [3.63, 3.8) is 0 Å². The number of ketones is 1. The minimum Gasteiger partial charge on any atom is -0.368 e. The predicted molar refractivity (Wildman–Crippen MR) is 92.2 cm³/mol. The average Bonchev–Trinajstić information content (AvgIpc) is 2.59. The second-order valence-electron chi connectivity index (χ2n) is 5.61. The Kier molecular flexibility index (Phi) is 5.84. The molecule has 1 atom stereocenters. The summed E-state index contributed by atoms with van der Waals surface area (Å²) in [6.07, 6.45) is 0.402. The maximum Gasteiger partial charge on any atom is 0.251 e. The van der Waals surface area contributed by atoms with Gasteiger partial charge in [-0.05, 0) is 36.6 Å². The number of nitrogens with two attached hydrogens (primary N) is 1. The van der Waals surface area contributed by atoms with Crippen LogP contribution in [0.3, 0.4) is 0 Å². The van der Waals surface area contributed by atoms with E-state index in [1.807, 2.05) is 42.5 Å². The van der Waals surface area contributed by atoms with Gasteiger partial charge in [0.15, 0.2) is 0 Å². The molecule has 0 aromatic heterocycles. The third-order valence-corrected chi connectivity index (χ3v) is 3.69. The van der Waals surface area contributed by atoms with Gasteiger partial charge in [-0.3, -0.25) is 9.59 Å². The second kappa shape index (κ2) is 8.06. The molecule has 24 heavy (non-hydrogen) atoms. The highest BCUT2D eigenvalue weighted by Gasteiger charge is 2.19. The van der Waals surface area contributed by atoms with Gasteiger partial charge in [0.05, 0.1) is 0 Å². The highest BCUT2D eigenvalue weighted by atomic mass is 16.2. The van der Waals surface area contributed by atoms with E-state index in [1.165, 1.54) is 6.92 Å².